The zero-order chi connectivity index (χ0) is 9.23. The van der Waals surface area contributed by atoms with Crippen LogP contribution in [0.4, 0.5) is 0 Å². The minimum absolute atomic E-state index is 0.182. The second kappa shape index (κ2) is 8.09. The molecule has 1 N–H and O–H groups in total. The van der Waals surface area contributed by atoms with E-state index >= 15 is 0 Å². The van der Waals surface area contributed by atoms with Crippen LogP contribution in [0.2, 0.25) is 0 Å². The predicted octanol–water partition coefficient (Wildman–Crippen LogP) is 0.716. The fraction of sp³-hybridized carbons (Fsp3) is 0.667. The number of carbonyl (C=O) groups is 1. The third kappa shape index (κ3) is 7.10. The molecule has 3 heteroatoms. The van der Waals surface area contributed by atoms with Gasteiger partial charge < -0.3 is 9.84 Å². The van der Waals surface area contributed by atoms with Gasteiger partial charge in [0, 0.05) is 18.9 Å². The Morgan fingerprint density at radius 3 is 2.83 bits per heavy atom. The number of rotatable bonds is 4. The normalized spacial score (nSPS) is 8.50. The molecular weight excluding hydrogens is 156 g/mol. The van der Waals surface area contributed by atoms with Gasteiger partial charge in [-0.2, -0.15) is 0 Å². The maximum atomic E-state index is 10.6. The van der Waals surface area contributed by atoms with Crippen molar-refractivity contribution in [3.05, 3.63) is 0 Å². The summed E-state index contributed by atoms with van der Waals surface area (Å²) < 4.78 is 4.59. The Hall–Kier alpha value is -1.01. The number of ether oxygens (including phenoxy) is 1. The van der Waals surface area contributed by atoms with E-state index in [2.05, 4.69) is 16.6 Å². The Balaban J connectivity index is 3.38. The summed E-state index contributed by atoms with van der Waals surface area (Å²) in [5, 5.41) is 8.42. The first-order chi connectivity index (χ1) is 5.81. The molecule has 0 rings (SSSR count). The maximum absolute atomic E-state index is 10.6. The molecule has 0 radical (unpaired) electrons. The molecule has 0 aromatic rings. The molecule has 0 aliphatic carbocycles. The Labute approximate surface area is 72.7 Å². The first-order valence-corrected chi connectivity index (χ1v) is 4.07. The van der Waals surface area contributed by atoms with Gasteiger partial charge in [0.25, 0.3) is 0 Å². The van der Waals surface area contributed by atoms with E-state index < -0.39 is 5.97 Å². The average Bonchev–Trinajstić information content (AvgIpc) is 2.05. The van der Waals surface area contributed by atoms with Crippen LogP contribution in [-0.4, -0.2) is 24.3 Å². The molecule has 3 nitrogen and oxygen atoms in total. The first kappa shape index (κ1) is 11.0. The van der Waals surface area contributed by atoms with Crippen molar-refractivity contribution in [1.29, 1.82) is 0 Å². The molecule has 0 heterocycles. The summed E-state index contributed by atoms with van der Waals surface area (Å²) in [4.78, 5) is 10.6. The predicted molar refractivity (Wildman–Crippen MR) is 45.3 cm³/mol. The van der Waals surface area contributed by atoms with Crippen molar-refractivity contribution in [2.45, 2.75) is 26.2 Å². The fourth-order valence-corrected chi connectivity index (χ4v) is 0.627. The Morgan fingerprint density at radius 2 is 2.25 bits per heavy atom. The van der Waals surface area contributed by atoms with Crippen LogP contribution in [0.5, 0.6) is 0 Å². The topological polar surface area (TPSA) is 46.5 Å². The highest BCUT2D eigenvalue weighted by atomic mass is 16.5. The largest absolute Gasteiger partial charge is 0.456 e. The molecular formula is C9H14O3. The van der Waals surface area contributed by atoms with Gasteiger partial charge in [-0.05, 0) is 19.8 Å². The third-order valence-electron chi connectivity index (χ3n) is 1.18. The Bertz CT molecular complexity index is 176. The van der Waals surface area contributed by atoms with E-state index in [1.54, 1.807) is 6.92 Å². The van der Waals surface area contributed by atoms with E-state index in [0.717, 1.165) is 12.8 Å². The van der Waals surface area contributed by atoms with Gasteiger partial charge in [0.1, 0.15) is 0 Å². The molecule has 12 heavy (non-hydrogen) atoms. The molecule has 0 atom stereocenters. The molecule has 0 bridgehead atoms. The number of unbranched alkanes of at least 4 members (excludes halogenated alkanes) is 2. The smallest absolute Gasteiger partial charge is 0.384 e. The van der Waals surface area contributed by atoms with Crippen LogP contribution in [0.15, 0.2) is 0 Å². The molecule has 0 saturated heterocycles. The lowest BCUT2D eigenvalue weighted by atomic mass is 10.2. The van der Waals surface area contributed by atoms with Crippen LogP contribution in [0, 0.1) is 11.8 Å². The van der Waals surface area contributed by atoms with Crippen LogP contribution < -0.4 is 0 Å². The van der Waals surface area contributed by atoms with Crippen molar-refractivity contribution >= 4 is 5.97 Å². The lowest BCUT2D eigenvalue weighted by Crippen LogP contribution is -1.99. The van der Waals surface area contributed by atoms with Gasteiger partial charge in [-0.25, -0.2) is 4.79 Å². The van der Waals surface area contributed by atoms with Gasteiger partial charge >= 0.3 is 5.97 Å². The molecule has 0 aromatic carbocycles. The van der Waals surface area contributed by atoms with E-state index in [1.807, 2.05) is 0 Å². The van der Waals surface area contributed by atoms with Crippen LogP contribution in [0.1, 0.15) is 26.2 Å². The van der Waals surface area contributed by atoms with Crippen molar-refractivity contribution in [1.82, 2.24) is 0 Å². The molecule has 0 saturated carbocycles. The molecule has 68 valence electrons. The summed E-state index contributed by atoms with van der Waals surface area (Å²) in [6.45, 7) is 2.29. The summed E-state index contributed by atoms with van der Waals surface area (Å²) in [6.07, 6.45) is 2.19. The Kier molecular flexibility index (Phi) is 7.41. The summed E-state index contributed by atoms with van der Waals surface area (Å²) in [7, 11) is 0. The average molecular weight is 170 g/mol. The van der Waals surface area contributed by atoms with E-state index in [9.17, 15) is 4.79 Å². The molecule has 0 aliphatic heterocycles. The summed E-state index contributed by atoms with van der Waals surface area (Å²) in [5.74, 6) is 4.55. The van der Waals surface area contributed by atoms with E-state index in [-0.39, 0.29) is 6.61 Å². The molecule has 0 spiro atoms. The molecule has 0 aromatic heterocycles. The van der Waals surface area contributed by atoms with Crippen LogP contribution in [-0.2, 0) is 9.53 Å². The van der Waals surface area contributed by atoms with E-state index in [4.69, 9.17) is 5.11 Å². The van der Waals surface area contributed by atoms with Crippen molar-refractivity contribution in [2.24, 2.45) is 0 Å². The van der Waals surface area contributed by atoms with Gasteiger partial charge in [-0.1, -0.05) is 5.92 Å². The second-order valence-corrected chi connectivity index (χ2v) is 2.20. The van der Waals surface area contributed by atoms with Crippen LogP contribution in [0.25, 0.3) is 0 Å². The van der Waals surface area contributed by atoms with Crippen LogP contribution >= 0.6 is 0 Å². The Morgan fingerprint density at radius 1 is 1.50 bits per heavy atom. The van der Waals surface area contributed by atoms with Gasteiger partial charge in [-0.15, -0.1) is 0 Å². The third-order valence-corrected chi connectivity index (χ3v) is 1.18. The van der Waals surface area contributed by atoms with Gasteiger partial charge in [-0.3, -0.25) is 0 Å². The van der Waals surface area contributed by atoms with Crippen molar-refractivity contribution in [3.63, 3.8) is 0 Å². The minimum Gasteiger partial charge on any atom is -0.456 e. The van der Waals surface area contributed by atoms with Crippen molar-refractivity contribution in [3.8, 4) is 11.8 Å². The van der Waals surface area contributed by atoms with Crippen molar-refractivity contribution in [2.75, 3.05) is 13.2 Å². The standard InChI is InChI=1S/C9H14O3/c1-2-12-9(11)7-5-3-4-6-8-10/h10H,2-4,6,8H2,1H3. The summed E-state index contributed by atoms with van der Waals surface area (Å²) >= 11 is 0. The molecule has 0 amide bonds. The summed E-state index contributed by atoms with van der Waals surface area (Å²) in [5.41, 5.74) is 0. The molecule has 0 fully saturated rings. The maximum Gasteiger partial charge on any atom is 0.384 e. The first-order valence-electron chi connectivity index (χ1n) is 4.07. The molecule has 0 aliphatic rings. The lowest BCUT2D eigenvalue weighted by molar-refractivity contribution is -0.136. The van der Waals surface area contributed by atoms with Gasteiger partial charge in [0.05, 0.1) is 6.61 Å². The lowest BCUT2D eigenvalue weighted by Gasteiger charge is -1.91. The second-order valence-electron chi connectivity index (χ2n) is 2.20. The quantitative estimate of drug-likeness (QED) is 0.292. The molecule has 0 unspecified atom stereocenters. The van der Waals surface area contributed by atoms with Crippen molar-refractivity contribution < 1.29 is 14.6 Å². The van der Waals surface area contributed by atoms with Gasteiger partial charge in [0.15, 0.2) is 0 Å². The van der Waals surface area contributed by atoms with E-state index in [0.29, 0.717) is 13.0 Å². The van der Waals surface area contributed by atoms with E-state index in [1.165, 1.54) is 0 Å². The number of aliphatic hydroxyl groups is 1. The van der Waals surface area contributed by atoms with Crippen LogP contribution in [0.3, 0.4) is 0 Å². The highest BCUT2D eigenvalue weighted by molar-refractivity contribution is 5.88. The highest BCUT2D eigenvalue weighted by Crippen LogP contribution is 1.91. The zero-order valence-electron chi connectivity index (χ0n) is 7.30. The number of aliphatic hydroxyl groups excluding tert-OH is 1. The number of hydrogen-bond donors (Lipinski definition) is 1. The minimum atomic E-state index is -0.471. The highest BCUT2D eigenvalue weighted by Gasteiger charge is 1.90. The van der Waals surface area contributed by atoms with Gasteiger partial charge in [0.2, 0.25) is 0 Å². The number of carbonyl (C=O) groups excluding carboxylic acids is 1. The zero-order valence-corrected chi connectivity index (χ0v) is 7.30. The fourth-order valence-electron chi connectivity index (χ4n) is 0.627. The number of hydrogen-bond acceptors (Lipinski definition) is 3. The number of esters is 1. The monoisotopic (exact) mass is 170 g/mol. The SMILES string of the molecule is CCOC(=O)C#CCCCCO. The summed E-state index contributed by atoms with van der Waals surface area (Å²) in [6, 6.07) is 0.